The zero-order chi connectivity index (χ0) is 5.70. The average Bonchev–Trinajstić information content (AvgIpc) is 1.61. The summed E-state index contributed by atoms with van der Waals surface area (Å²) in [5, 5.41) is 0. The minimum absolute atomic E-state index is 0.565. The fraction of sp³-hybridized carbons (Fsp3) is 1.00. The largest absolute Gasteiger partial charge is 0.260 e. The molecule has 7 heavy (non-hydrogen) atoms. The van der Waals surface area contributed by atoms with Gasteiger partial charge in [-0.15, -0.1) is 0 Å². The maximum atomic E-state index is 10.3. The van der Waals surface area contributed by atoms with Crippen LogP contribution < -0.4 is 0 Å². The summed E-state index contributed by atoms with van der Waals surface area (Å²) in [6.07, 6.45) is 4.00. The first-order valence-corrected chi connectivity index (χ1v) is 4.30. The van der Waals surface area contributed by atoms with Crippen LogP contribution in [0.4, 0.5) is 0 Å². The molecular weight excluding hydrogens is 108 g/mol. The van der Waals surface area contributed by atoms with E-state index in [-0.39, 0.29) is 0 Å². The van der Waals surface area contributed by atoms with E-state index in [4.69, 9.17) is 0 Å². The summed E-state index contributed by atoms with van der Waals surface area (Å²) in [6.45, 7) is 2.10. The smallest absolute Gasteiger partial charge is 0.0231 e. The van der Waals surface area contributed by atoms with Crippen LogP contribution >= 0.6 is 0 Å². The van der Waals surface area contributed by atoms with Gasteiger partial charge in [-0.05, 0) is 6.42 Å². The van der Waals surface area contributed by atoms with E-state index in [9.17, 15) is 4.21 Å². The highest BCUT2D eigenvalue weighted by Gasteiger charge is 1.85. The number of rotatable bonds is 3. The lowest BCUT2D eigenvalue weighted by Crippen LogP contribution is -1.91. The lowest BCUT2D eigenvalue weighted by atomic mass is 10.4. The molecule has 0 spiro atoms. The first kappa shape index (κ1) is 7.15. The van der Waals surface area contributed by atoms with Crippen molar-refractivity contribution in [1.29, 1.82) is 0 Å². The van der Waals surface area contributed by atoms with Gasteiger partial charge in [0.2, 0.25) is 0 Å². The molecule has 0 radical (unpaired) electrons. The molecule has 1 atom stereocenters. The second-order valence-electron chi connectivity index (χ2n) is 1.63. The molecule has 1 unspecified atom stereocenters. The van der Waals surface area contributed by atoms with E-state index in [1.807, 2.05) is 0 Å². The van der Waals surface area contributed by atoms with E-state index in [2.05, 4.69) is 6.92 Å². The Morgan fingerprint density at radius 2 is 2.14 bits per heavy atom. The van der Waals surface area contributed by atoms with Gasteiger partial charge >= 0.3 is 0 Å². The van der Waals surface area contributed by atoms with Crippen molar-refractivity contribution in [3.8, 4) is 0 Å². The van der Waals surface area contributed by atoms with E-state index in [0.29, 0.717) is 0 Å². The number of unbranched alkanes of at least 4 members (excludes halogenated alkanes) is 1. The van der Waals surface area contributed by atoms with Gasteiger partial charge in [0.25, 0.3) is 0 Å². The molecule has 1 nitrogen and oxygen atoms in total. The summed E-state index contributed by atoms with van der Waals surface area (Å²) < 4.78 is 10.3. The van der Waals surface area contributed by atoms with Gasteiger partial charge in [-0.3, -0.25) is 4.21 Å². The first-order chi connectivity index (χ1) is 3.27. The lowest BCUT2D eigenvalue weighted by molar-refractivity contribution is 0.683. The third-order valence-corrected chi connectivity index (χ3v) is 1.65. The fourth-order valence-corrected chi connectivity index (χ4v) is 1.04. The average molecular weight is 120 g/mol. The highest BCUT2D eigenvalue weighted by molar-refractivity contribution is 7.84. The molecule has 0 aromatic heterocycles. The molecule has 0 fully saturated rings. The maximum Gasteiger partial charge on any atom is 0.0231 e. The first-order valence-electron chi connectivity index (χ1n) is 2.57. The van der Waals surface area contributed by atoms with Crippen LogP contribution in [-0.4, -0.2) is 16.2 Å². The Balaban J connectivity index is 2.82. The topological polar surface area (TPSA) is 17.1 Å². The van der Waals surface area contributed by atoms with Crippen LogP contribution in [0.25, 0.3) is 0 Å². The predicted molar refractivity (Wildman–Crippen MR) is 33.8 cm³/mol. The summed E-state index contributed by atoms with van der Waals surface area (Å²) >= 11 is 0. The standard InChI is InChI=1S/C5H12OS/c1-3-4-5-7(2)6/h3-5H2,1-2H3. The third-order valence-electron chi connectivity index (χ3n) is 0.785. The van der Waals surface area contributed by atoms with E-state index >= 15 is 0 Å². The molecule has 0 saturated heterocycles. The van der Waals surface area contributed by atoms with Gasteiger partial charge in [0.1, 0.15) is 0 Å². The van der Waals surface area contributed by atoms with E-state index in [1.54, 1.807) is 6.26 Å². The molecule has 0 bridgehead atoms. The molecule has 0 aromatic rings. The molecule has 2 heteroatoms. The summed E-state index contributed by atoms with van der Waals surface area (Å²) in [6, 6.07) is 0. The maximum absolute atomic E-state index is 10.3. The third kappa shape index (κ3) is 6.15. The van der Waals surface area contributed by atoms with Crippen LogP contribution in [0.3, 0.4) is 0 Å². The van der Waals surface area contributed by atoms with Crippen LogP contribution in [0.5, 0.6) is 0 Å². The Morgan fingerprint density at radius 3 is 2.29 bits per heavy atom. The van der Waals surface area contributed by atoms with Gasteiger partial charge in [-0.1, -0.05) is 13.3 Å². The summed E-state index contributed by atoms with van der Waals surface area (Å²) in [7, 11) is -0.565. The van der Waals surface area contributed by atoms with Gasteiger partial charge in [-0.25, -0.2) is 0 Å². The second kappa shape index (κ2) is 4.31. The fourth-order valence-electron chi connectivity index (χ4n) is 0.348. The van der Waals surface area contributed by atoms with Crippen molar-refractivity contribution < 1.29 is 4.21 Å². The van der Waals surface area contributed by atoms with Crippen LogP contribution in [0.2, 0.25) is 0 Å². The monoisotopic (exact) mass is 120 g/mol. The van der Waals surface area contributed by atoms with Crippen molar-refractivity contribution in [1.82, 2.24) is 0 Å². The molecule has 0 N–H and O–H groups in total. The van der Waals surface area contributed by atoms with E-state index in [0.717, 1.165) is 18.6 Å². The normalized spacial score (nSPS) is 14.0. The zero-order valence-electron chi connectivity index (χ0n) is 4.94. The Morgan fingerprint density at radius 1 is 1.57 bits per heavy atom. The SMILES string of the molecule is CCCCS(C)=O. The van der Waals surface area contributed by atoms with Crippen molar-refractivity contribution in [2.24, 2.45) is 0 Å². The minimum Gasteiger partial charge on any atom is -0.260 e. The van der Waals surface area contributed by atoms with Gasteiger partial charge in [0.15, 0.2) is 0 Å². The van der Waals surface area contributed by atoms with Crippen molar-refractivity contribution >= 4 is 10.8 Å². The van der Waals surface area contributed by atoms with E-state index in [1.165, 1.54) is 0 Å². The summed E-state index contributed by atoms with van der Waals surface area (Å²) in [4.78, 5) is 0. The molecule has 0 aliphatic heterocycles. The molecule has 0 heterocycles. The van der Waals surface area contributed by atoms with Crippen LogP contribution in [-0.2, 0) is 10.8 Å². The second-order valence-corrected chi connectivity index (χ2v) is 3.19. The Bertz CT molecular complexity index is 61.1. The Kier molecular flexibility index (Phi) is 4.41. The van der Waals surface area contributed by atoms with Crippen molar-refractivity contribution in [3.63, 3.8) is 0 Å². The molecule has 0 aliphatic rings. The van der Waals surface area contributed by atoms with Crippen molar-refractivity contribution in [3.05, 3.63) is 0 Å². The lowest BCUT2D eigenvalue weighted by Gasteiger charge is -1.88. The number of hydrogen-bond acceptors (Lipinski definition) is 1. The zero-order valence-corrected chi connectivity index (χ0v) is 5.75. The molecule has 44 valence electrons. The van der Waals surface area contributed by atoms with Crippen molar-refractivity contribution in [2.45, 2.75) is 19.8 Å². The van der Waals surface area contributed by atoms with Gasteiger partial charge in [0, 0.05) is 22.8 Å². The molecule has 0 aliphatic carbocycles. The highest BCUT2D eigenvalue weighted by atomic mass is 32.2. The van der Waals surface area contributed by atoms with Crippen LogP contribution in [0, 0.1) is 0 Å². The summed E-state index contributed by atoms with van der Waals surface area (Å²) in [5.74, 6) is 0.872. The van der Waals surface area contributed by atoms with Gasteiger partial charge in [-0.2, -0.15) is 0 Å². The quantitative estimate of drug-likeness (QED) is 0.546. The molecule has 0 saturated carbocycles. The summed E-state index contributed by atoms with van der Waals surface area (Å²) in [5.41, 5.74) is 0. The molecule has 0 amide bonds. The van der Waals surface area contributed by atoms with Gasteiger partial charge in [0.05, 0.1) is 0 Å². The highest BCUT2D eigenvalue weighted by Crippen LogP contribution is 1.86. The predicted octanol–water partition coefficient (Wildman–Crippen LogP) is 1.17. The van der Waals surface area contributed by atoms with Crippen molar-refractivity contribution in [2.75, 3.05) is 12.0 Å². The van der Waals surface area contributed by atoms with Gasteiger partial charge < -0.3 is 0 Å². The Labute approximate surface area is 47.6 Å². The van der Waals surface area contributed by atoms with Crippen LogP contribution in [0.1, 0.15) is 19.8 Å². The molecular formula is C5H12OS. The molecule has 0 aromatic carbocycles. The Hall–Kier alpha value is 0.150. The van der Waals surface area contributed by atoms with E-state index < -0.39 is 10.8 Å². The minimum atomic E-state index is -0.565. The number of hydrogen-bond donors (Lipinski definition) is 0. The molecule has 0 rings (SSSR count). The van der Waals surface area contributed by atoms with Crippen LogP contribution in [0.15, 0.2) is 0 Å².